The van der Waals surface area contributed by atoms with Crippen LogP contribution in [0.2, 0.25) is 5.02 Å². The van der Waals surface area contributed by atoms with Crippen molar-refractivity contribution in [3.63, 3.8) is 0 Å². The van der Waals surface area contributed by atoms with Crippen molar-refractivity contribution in [1.29, 1.82) is 0 Å². The number of benzene rings is 1. The van der Waals surface area contributed by atoms with Gasteiger partial charge in [0.1, 0.15) is 10.8 Å². The van der Waals surface area contributed by atoms with Crippen molar-refractivity contribution in [3.05, 3.63) is 53.7 Å². The van der Waals surface area contributed by atoms with E-state index in [0.717, 1.165) is 62.5 Å². The molecule has 4 rings (SSSR count). The van der Waals surface area contributed by atoms with Crippen LogP contribution in [0.15, 0.2) is 48.7 Å². The zero-order valence-corrected chi connectivity index (χ0v) is 19.0. The van der Waals surface area contributed by atoms with E-state index in [2.05, 4.69) is 21.0 Å². The van der Waals surface area contributed by atoms with Gasteiger partial charge in [-0.2, -0.15) is 0 Å². The number of amides is 2. The summed E-state index contributed by atoms with van der Waals surface area (Å²) < 4.78 is 7.16. The van der Waals surface area contributed by atoms with E-state index in [1.807, 2.05) is 36.4 Å². The van der Waals surface area contributed by atoms with E-state index in [4.69, 9.17) is 22.1 Å². The second-order valence-corrected chi connectivity index (χ2v) is 8.24. The number of piperazine rings is 1. The average Bonchev–Trinajstić information content (AvgIpc) is 3.15. The summed E-state index contributed by atoms with van der Waals surface area (Å²) in [6.07, 6.45) is 3.58. The van der Waals surface area contributed by atoms with Crippen molar-refractivity contribution in [2.24, 2.45) is 5.73 Å². The number of pyridine rings is 1. The van der Waals surface area contributed by atoms with Crippen LogP contribution >= 0.6 is 11.6 Å². The number of urea groups is 1. The van der Waals surface area contributed by atoms with Gasteiger partial charge in [0, 0.05) is 38.9 Å². The number of methoxy groups -OCH3 is 1. The van der Waals surface area contributed by atoms with E-state index < -0.39 is 6.03 Å². The van der Waals surface area contributed by atoms with Crippen LogP contribution in [0.25, 0.3) is 5.52 Å². The predicted octanol–water partition coefficient (Wildman–Crippen LogP) is 3.48. The highest BCUT2D eigenvalue weighted by atomic mass is 35.5. The highest BCUT2D eigenvalue weighted by Gasteiger charge is 2.22. The van der Waals surface area contributed by atoms with Gasteiger partial charge in [-0.1, -0.05) is 29.8 Å². The minimum absolute atomic E-state index is 0.413. The van der Waals surface area contributed by atoms with Crippen LogP contribution in [-0.2, 0) is 0 Å². The van der Waals surface area contributed by atoms with Crippen molar-refractivity contribution < 1.29 is 9.53 Å². The van der Waals surface area contributed by atoms with E-state index in [1.165, 1.54) is 4.90 Å². The van der Waals surface area contributed by atoms with E-state index in [-0.39, 0.29) is 0 Å². The number of hydrogen-bond donors (Lipinski definition) is 1. The molecule has 2 aromatic heterocycles. The van der Waals surface area contributed by atoms with Gasteiger partial charge < -0.3 is 15.4 Å². The summed E-state index contributed by atoms with van der Waals surface area (Å²) in [6.45, 7) is 5.38. The average molecular weight is 457 g/mol. The molecule has 0 spiro atoms. The molecular weight excluding hydrogens is 428 g/mol. The standard InChI is InChI=1S/C23H29ClN6O2/c1-32-20-10-3-2-8-18(20)28-16-14-27(15-17-28)11-6-7-12-29(23(25)31)22-21(24)19-9-4-5-13-30(19)26-22/h2-5,8-10,13H,6-7,11-12,14-17H2,1H3,(H2,25,31). The van der Waals surface area contributed by atoms with Crippen molar-refractivity contribution in [1.82, 2.24) is 14.5 Å². The smallest absolute Gasteiger partial charge is 0.320 e. The number of unbranched alkanes of at least 4 members (excludes halogenated alkanes) is 1. The number of ether oxygens (including phenoxy) is 1. The van der Waals surface area contributed by atoms with Gasteiger partial charge >= 0.3 is 6.03 Å². The van der Waals surface area contributed by atoms with Gasteiger partial charge in [-0.3, -0.25) is 9.80 Å². The molecule has 1 aliphatic heterocycles. The normalized spacial score (nSPS) is 14.6. The summed E-state index contributed by atoms with van der Waals surface area (Å²) in [7, 11) is 1.71. The lowest BCUT2D eigenvalue weighted by Gasteiger charge is -2.36. The second-order valence-electron chi connectivity index (χ2n) is 7.87. The monoisotopic (exact) mass is 456 g/mol. The van der Waals surface area contributed by atoms with Gasteiger partial charge in [0.15, 0.2) is 5.82 Å². The Morgan fingerprint density at radius 2 is 1.88 bits per heavy atom. The molecule has 0 aliphatic carbocycles. The molecule has 0 radical (unpaired) electrons. The highest BCUT2D eigenvalue weighted by Crippen LogP contribution is 2.30. The number of carbonyl (C=O) groups excluding carboxylic acids is 1. The number of primary amides is 1. The first-order valence-electron chi connectivity index (χ1n) is 10.9. The van der Waals surface area contributed by atoms with Gasteiger partial charge in [0.2, 0.25) is 0 Å². The zero-order chi connectivity index (χ0) is 22.5. The van der Waals surface area contributed by atoms with Crippen molar-refractivity contribution >= 4 is 34.7 Å². The molecule has 0 unspecified atom stereocenters. The molecule has 2 amide bonds. The highest BCUT2D eigenvalue weighted by molar-refractivity contribution is 6.36. The number of carbonyl (C=O) groups is 1. The van der Waals surface area contributed by atoms with E-state index in [9.17, 15) is 4.79 Å². The largest absolute Gasteiger partial charge is 0.495 e. The van der Waals surface area contributed by atoms with Crippen molar-refractivity contribution in [3.8, 4) is 5.75 Å². The van der Waals surface area contributed by atoms with E-state index in [0.29, 0.717) is 17.4 Å². The number of nitrogens with zero attached hydrogens (tertiary/aromatic N) is 5. The number of halogens is 1. The molecule has 0 saturated carbocycles. The molecule has 8 nitrogen and oxygen atoms in total. The zero-order valence-electron chi connectivity index (χ0n) is 18.3. The first-order valence-corrected chi connectivity index (χ1v) is 11.3. The Morgan fingerprint density at radius 1 is 1.12 bits per heavy atom. The van der Waals surface area contributed by atoms with Crippen LogP contribution in [0.5, 0.6) is 5.75 Å². The number of aromatic nitrogens is 2. The number of rotatable bonds is 8. The maximum atomic E-state index is 12.1. The number of fused-ring (bicyclic) bond motifs is 1. The van der Waals surface area contributed by atoms with E-state index in [1.54, 1.807) is 17.8 Å². The fourth-order valence-corrected chi connectivity index (χ4v) is 4.45. The van der Waals surface area contributed by atoms with Crippen LogP contribution in [-0.4, -0.2) is 66.9 Å². The molecule has 9 heteroatoms. The molecule has 1 fully saturated rings. The molecule has 0 bridgehead atoms. The SMILES string of the molecule is COc1ccccc1N1CCN(CCCCN(C(N)=O)c2nn3ccccc3c2Cl)CC1. The van der Waals surface area contributed by atoms with Gasteiger partial charge in [-0.25, -0.2) is 9.31 Å². The quantitative estimate of drug-likeness (QED) is 0.525. The van der Waals surface area contributed by atoms with Crippen molar-refractivity contribution in [2.75, 3.05) is 56.2 Å². The number of hydrogen-bond acceptors (Lipinski definition) is 5. The first-order chi connectivity index (χ1) is 15.6. The Hall–Kier alpha value is -2.97. The first kappa shape index (κ1) is 22.2. The molecule has 32 heavy (non-hydrogen) atoms. The van der Waals surface area contributed by atoms with Crippen LogP contribution in [0.3, 0.4) is 0 Å². The Balaban J connectivity index is 1.27. The Kier molecular flexibility index (Phi) is 7.02. The molecule has 3 aromatic rings. The Labute approximate surface area is 193 Å². The molecule has 1 aliphatic rings. The minimum Gasteiger partial charge on any atom is -0.495 e. The second kappa shape index (κ2) is 10.1. The third-order valence-electron chi connectivity index (χ3n) is 5.89. The lowest BCUT2D eigenvalue weighted by atomic mass is 10.2. The summed E-state index contributed by atoms with van der Waals surface area (Å²) in [5.41, 5.74) is 7.53. The topological polar surface area (TPSA) is 79.3 Å². The maximum absolute atomic E-state index is 12.1. The fraction of sp³-hybridized carbons (Fsp3) is 0.391. The van der Waals surface area contributed by atoms with Gasteiger partial charge in [-0.05, 0) is 43.7 Å². The van der Waals surface area contributed by atoms with Gasteiger partial charge in [0.25, 0.3) is 0 Å². The lowest BCUT2D eigenvalue weighted by Crippen LogP contribution is -2.46. The molecule has 0 atom stereocenters. The molecule has 2 N–H and O–H groups in total. The number of nitrogens with two attached hydrogens (primary N) is 1. The minimum atomic E-state index is -0.541. The molecule has 1 saturated heterocycles. The summed E-state index contributed by atoms with van der Waals surface area (Å²) >= 11 is 6.46. The number of anilines is 2. The van der Waals surface area contributed by atoms with Gasteiger partial charge in [-0.15, -0.1) is 5.10 Å². The van der Waals surface area contributed by atoms with Crippen LogP contribution in [0, 0.1) is 0 Å². The van der Waals surface area contributed by atoms with E-state index >= 15 is 0 Å². The van der Waals surface area contributed by atoms with Crippen LogP contribution in [0.4, 0.5) is 16.3 Å². The van der Waals surface area contributed by atoms with Gasteiger partial charge in [0.05, 0.1) is 18.3 Å². The maximum Gasteiger partial charge on any atom is 0.320 e. The summed E-state index contributed by atoms with van der Waals surface area (Å²) in [5.74, 6) is 1.33. The Bertz CT molecular complexity index is 1060. The Morgan fingerprint density at radius 3 is 2.59 bits per heavy atom. The predicted molar refractivity (Wildman–Crippen MR) is 128 cm³/mol. The van der Waals surface area contributed by atoms with Crippen LogP contribution < -0.4 is 20.3 Å². The summed E-state index contributed by atoms with van der Waals surface area (Å²) in [4.78, 5) is 18.4. The number of para-hydroxylation sites is 2. The molecule has 170 valence electrons. The lowest BCUT2D eigenvalue weighted by molar-refractivity contribution is 0.248. The van der Waals surface area contributed by atoms with Crippen LogP contribution in [0.1, 0.15) is 12.8 Å². The molecule has 3 heterocycles. The summed E-state index contributed by atoms with van der Waals surface area (Å²) in [6, 6.07) is 13.2. The van der Waals surface area contributed by atoms with Crippen molar-refractivity contribution in [2.45, 2.75) is 12.8 Å². The molecular formula is C23H29ClN6O2. The fourth-order valence-electron chi connectivity index (χ4n) is 4.16. The third-order valence-corrected chi connectivity index (χ3v) is 6.25. The summed E-state index contributed by atoms with van der Waals surface area (Å²) in [5, 5.41) is 4.88. The third kappa shape index (κ3) is 4.76. The molecule has 1 aromatic carbocycles.